The molecular formula is C16H24N2. The molecule has 0 atom stereocenters. The molecule has 98 valence electrons. The Balaban J connectivity index is 2.37. The van der Waals surface area contributed by atoms with Gasteiger partial charge in [0, 0.05) is 6.54 Å². The van der Waals surface area contributed by atoms with Gasteiger partial charge in [-0.2, -0.15) is 5.26 Å². The number of hydrogen-bond donors (Lipinski definition) is 0. The highest BCUT2D eigenvalue weighted by Gasteiger charge is 2.16. The molecule has 0 heterocycles. The number of nitriles is 1. The van der Waals surface area contributed by atoms with Crippen molar-refractivity contribution in [3.63, 3.8) is 0 Å². The van der Waals surface area contributed by atoms with Gasteiger partial charge in [-0.3, -0.25) is 4.90 Å². The number of hydrogen-bond acceptors (Lipinski definition) is 2. The highest BCUT2D eigenvalue weighted by molar-refractivity contribution is 5.14. The molecule has 0 spiro atoms. The van der Waals surface area contributed by atoms with Gasteiger partial charge in [0.15, 0.2) is 0 Å². The molecule has 0 aliphatic heterocycles. The average molecular weight is 244 g/mol. The Labute approximate surface area is 111 Å². The third-order valence-electron chi connectivity index (χ3n) is 3.28. The lowest BCUT2D eigenvalue weighted by atomic mass is 9.90. The van der Waals surface area contributed by atoms with Crippen molar-refractivity contribution < 1.29 is 0 Å². The van der Waals surface area contributed by atoms with Crippen molar-refractivity contribution in [2.45, 2.75) is 40.2 Å². The normalized spacial score (nSPS) is 11.5. The van der Waals surface area contributed by atoms with E-state index in [9.17, 15) is 0 Å². The van der Waals surface area contributed by atoms with E-state index < -0.39 is 0 Å². The van der Waals surface area contributed by atoms with Gasteiger partial charge in [-0.1, -0.05) is 37.3 Å². The molecule has 0 radical (unpaired) electrons. The molecule has 0 aromatic heterocycles. The molecule has 1 aromatic carbocycles. The van der Waals surface area contributed by atoms with Crippen molar-refractivity contribution in [2.75, 3.05) is 13.1 Å². The van der Waals surface area contributed by atoms with Gasteiger partial charge in [-0.15, -0.1) is 0 Å². The summed E-state index contributed by atoms with van der Waals surface area (Å²) in [6.45, 7) is 9.35. The standard InChI is InChI=1S/C16H24N2/c1-4-18(12-8-11-16(2,3)14-17)13-15-9-6-5-7-10-15/h5-7,9-10H,4,8,11-13H2,1-3H3. The minimum absolute atomic E-state index is 0.188. The first kappa shape index (κ1) is 14.7. The quantitative estimate of drug-likeness (QED) is 0.728. The van der Waals surface area contributed by atoms with Crippen LogP contribution in [0.25, 0.3) is 0 Å². The molecule has 0 fully saturated rings. The predicted octanol–water partition coefficient (Wildman–Crippen LogP) is 3.84. The fraction of sp³-hybridized carbons (Fsp3) is 0.562. The molecule has 2 heteroatoms. The van der Waals surface area contributed by atoms with Crippen LogP contribution in [-0.2, 0) is 6.54 Å². The van der Waals surface area contributed by atoms with Crippen molar-refractivity contribution in [1.82, 2.24) is 4.90 Å². The minimum Gasteiger partial charge on any atom is -0.299 e. The van der Waals surface area contributed by atoms with Crippen LogP contribution in [0.15, 0.2) is 30.3 Å². The maximum Gasteiger partial charge on any atom is 0.0683 e. The van der Waals surface area contributed by atoms with E-state index in [-0.39, 0.29) is 5.41 Å². The van der Waals surface area contributed by atoms with Crippen LogP contribution in [0.4, 0.5) is 0 Å². The minimum atomic E-state index is -0.188. The smallest absolute Gasteiger partial charge is 0.0683 e. The predicted molar refractivity (Wildman–Crippen MR) is 76.0 cm³/mol. The zero-order valence-electron chi connectivity index (χ0n) is 11.8. The molecule has 0 bridgehead atoms. The molecule has 2 nitrogen and oxygen atoms in total. The fourth-order valence-corrected chi connectivity index (χ4v) is 1.99. The van der Waals surface area contributed by atoms with Crippen LogP contribution in [0.3, 0.4) is 0 Å². The Morgan fingerprint density at radius 2 is 1.89 bits per heavy atom. The summed E-state index contributed by atoms with van der Waals surface area (Å²) in [5.74, 6) is 0. The van der Waals surface area contributed by atoms with Gasteiger partial charge in [0.05, 0.1) is 11.5 Å². The first-order valence-electron chi connectivity index (χ1n) is 6.75. The van der Waals surface area contributed by atoms with Crippen LogP contribution < -0.4 is 0 Å². The lowest BCUT2D eigenvalue weighted by Gasteiger charge is -2.22. The van der Waals surface area contributed by atoms with Crippen molar-refractivity contribution in [3.05, 3.63) is 35.9 Å². The summed E-state index contributed by atoms with van der Waals surface area (Å²) in [5.41, 5.74) is 1.17. The Bertz CT molecular complexity index is 376. The third-order valence-corrected chi connectivity index (χ3v) is 3.28. The molecule has 1 rings (SSSR count). The van der Waals surface area contributed by atoms with Gasteiger partial charge in [0.1, 0.15) is 0 Å². The van der Waals surface area contributed by atoms with Crippen molar-refractivity contribution in [3.8, 4) is 6.07 Å². The molecule has 0 unspecified atom stereocenters. The molecule has 0 amide bonds. The monoisotopic (exact) mass is 244 g/mol. The fourth-order valence-electron chi connectivity index (χ4n) is 1.99. The number of benzene rings is 1. The van der Waals surface area contributed by atoms with Crippen LogP contribution >= 0.6 is 0 Å². The van der Waals surface area contributed by atoms with E-state index >= 15 is 0 Å². The maximum atomic E-state index is 8.99. The molecular weight excluding hydrogens is 220 g/mol. The van der Waals surface area contributed by atoms with Gasteiger partial charge in [-0.25, -0.2) is 0 Å². The SMILES string of the molecule is CCN(CCCC(C)(C)C#N)Cc1ccccc1. The van der Waals surface area contributed by atoms with Crippen molar-refractivity contribution in [1.29, 1.82) is 5.26 Å². The van der Waals surface area contributed by atoms with Gasteiger partial charge < -0.3 is 0 Å². The van der Waals surface area contributed by atoms with E-state index in [1.54, 1.807) is 0 Å². The topological polar surface area (TPSA) is 27.0 Å². The zero-order chi connectivity index (χ0) is 13.4. The van der Waals surface area contributed by atoms with Gasteiger partial charge in [-0.05, 0) is 45.3 Å². The van der Waals surface area contributed by atoms with E-state index in [4.69, 9.17) is 5.26 Å². The van der Waals surface area contributed by atoms with Crippen molar-refractivity contribution >= 4 is 0 Å². The van der Waals surface area contributed by atoms with Gasteiger partial charge in [0.2, 0.25) is 0 Å². The van der Waals surface area contributed by atoms with E-state index in [0.717, 1.165) is 32.5 Å². The van der Waals surface area contributed by atoms with Crippen LogP contribution in [-0.4, -0.2) is 18.0 Å². The van der Waals surface area contributed by atoms with Crippen LogP contribution in [0, 0.1) is 16.7 Å². The lowest BCUT2D eigenvalue weighted by molar-refractivity contribution is 0.260. The molecule has 18 heavy (non-hydrogen) atoms. The largest absolute Gasteiger partial charge is 0.299 e. The first-order chi connectivity index (χ1) is 8.57. The third kappa shape index (κ3) is 5.33. The molecule has 1 aromatic rings. The Hall–Kier alpha value is -1.33. The molecule has 0 N–H and O–H groups in total. The van der Waals surface area contributed by atoms with E-state index in [0.29, 0.717) is 0 Å². The summed E-state index contributed by atoms with van der Waals surface area (Å²) in [6, 6.07) is 12.9. The van der Waals surface area contributed by atoms with Gasteiger partial charge >= 0.3 is 0 Å². The second kappa shape index (κ2) is 7.18. The summed E-state index contributed by atoms with van der Waals surface area (Å²) >= 11 is 0. The van der Waals surface area contributed by atoms with Crippen molar-refractivity contribution in [2.24, 2.45) is 5.41 Å². The second-order valence-electron chi connectivity index (χ2n) is 5.45. The molecule has 0 aliphatic carbocycles. The van der Waals surface area contributed by atoms with Crippen LogP contribution in [0.1, 0.15) is 39.2 Å². The molecule has 0 saturated carbocycles. The summed E-state index contributed by atoms with van der Waals surface area (Å²) in [4.78, 5) is 2.43. The Morgan fingerprint density at radius 3 is 2.44 bits per heavy atom. The Kier molecular flexibility index (Phi) is 5.88. The first-order valence-corrected chi connectivity index (χ1v) is 6.75. The highest BCUT2D eigenvalue weighted by atomic mass is 15.1. The lowest BCUT2D eigenvalue weighted by Crippen LogP contribution is -2.25. The van der Waals surface area contributed by atoms with E-state index in [1.165, 1.54) is 5.56 Å². The average Bonchev–Trinajstić information content (AvgIpc) is 2.38. The van der Waals surface area contributed by atoms with E-state index in [2.05, 4.69) is 48.2 Å². The van der Waals surface area contributed by atoms with Crippen LogP contribution in [0.2, 0.25) is 0 Å². The summed E-state index contributed by atoms with van der Waals surface area (Å²) in [5, 5.41) is 8.99. The summed E-state index contributed by atoms with van der Waals surface area (Å²) in [7, 11) is 0. The number of nitrogens with zero attached hydrogens (tertiary/aromatic N) is 2. The molecule has 0 saturated heterocycles. The van der Waals surface area contributed by atoms with Gasteiger partial charge in [0.25, 0.3) is 0 Å². The van der Waals surface area contributed by atoms with Crippen LogP contribution in [0.5, 0.6) is 0 Å². The number of rotatable bonds is 7. The summed E-state index contributed by atoms with van der Waals surface area (Å²) in [6.07, 6.45) is 2.05. The summed E-state index contributed by atoms with van der Waals surface area (Å²) < 4.78 is 0. The highest BCUT2D eigenvalue weighted by Crippen LogP contribution is 2.21. The second-order valence-corrected chi connectivity index (χ2v) is 5.45. The van der Waals surface area contributed by atoms with E-state index in [1.807, 2.05) is 13.8 Å². The zero-order valence-corrected chi connectivity index (χ0v) is 11.8. The maximum absolute atomic E-state index is 8.99. The molecule has 0 aliphatic rings. The Morgan fingerprint density at radius 1 is 1.22 bits per heavy atom.